The standard InChI is InChI=1S/C25H24O3/c1-3-18-27-24-7-5-4-6-22(24)14-17-25(26)28-23-15-12-21(13-16-23)20-10-8-19(2)9-11-20/h4-17H,3,18H2,1-2H3/b17-14+. The monoisotopic (exact) mass is 372 g/mol. The van der Waals surface area contributed by atoms with Crippen LogP contribution in [-0.2, 0) is 4.79 Å². The van der Waals surface area contributed by atoms with Crippen molar-refractivity contribution in [1.82, 2.24) is 0 Å². The largest absolute Gasteiger partial charge is 0.493 e. The van der Waals surface area contributed by atoms with Crippen molar-refractivity contribution >= 4 is 12.0 Å². The first-order valence-electron chi connectivity index (χ1n) is 9.44. The third kappa shape index (κ3) is 5.34. The van der Waals surface area contributed by atoms with E-state index in [0.29, 0.717) is 12.4 Å². The van der Waals surface area contributed by atoms with Gasteiger partial charge in [-0.25, -0.2) is 4.79 Å². The van der Waals surface area contributed by atoms with Gasteiger partial charge in [0.1, 0.15) is 11.5 Å². The highest BCUT2D eigenvalue weighted by Gasteiger charge is 2.04. The maximum atomic E-state index is 12.2. The Bertz CT molecular complexity index is 938. The average Bonchev–Trinajstić information content (AvgIpc) is 2.72. The van der Waals surface area contributed by atoms with E-state index in [0.717, 1.165) is 28.9 Å². The zero-order valence-electron chi connectivity index (χ0n) is 16.2. The van der Waals surface area contributed by atoms with Crippen molar-refractivity contribution in [2.75, 3.05) is 6.61 Å². The second kappa shape index (κ2) is 9.56. The van der Waals surface area contributed by atoms with Crippen molar-refractivity contribution < 1.29 is 14.3 Å². The van der Waals surface area contributed by atoms with Gasteiger partial charge in [0.25, 0.3) is 0 Å². The van der Waals surface area contributed by atoms with E-state index in [2.05, 4.69) is 38.1 Å². The van der Waals surface area contributed by atoms with E-state index < -0.39 is 5.97 Å². The van der Waals surface area contributed by atoms with Crippen LogP contribution in [0.3, 0.4) is 0 Å². The van der Waals surface area contributed by atoms with E-state index in [9.17, 15) is 4.79 Å². The van der Waals surface area contributed by atoms with E-state index >= 15 is 0 Å². The molecule has 0 unspecified atom stereocenters. The summed E-state index contributed by atoms with van der Waals surface area (Å²) in [4.78, 5) is 12.2. The number of rotatable bonds is 7. The summed E-state index contributed by atoms with van der Waals surface area (Å²) in [5, 5.41) is 0. The first-order chi connectivity index (χ1) is 13.7. The Morgan fingerprint density at radius 3 is 2.21 bits per heavy atom. The van der Waals surface area contributed by atoms with Crippen molar-refractivity contribution in [3.63, 3.8) is 0 Å². The van der Waals surface area contributed by atoms with Gasteiger partial charge in [-0.1, -0.05) is 67.1 Å². The molecule has 3 nitrogen and oxygen atoms in total. The van der Waals surface area contributed by atoms with Crippen LogP contribution in [-0.4, -0.2) is 12.6 Å². The fourth-order valence-corrected chi connectivity index (χ4v) is 2.73. The highest BCUT2D eigenvalue weighted by molar-refractivity contribution is 5.89. The van der Waals surface area contributed by atoms with E-state index in [4.69, 9.17) is 9.47 Å². The summed E-state index contributed by atoms with van der Waals surface area (Å²) in [7, 11) is 0. The molecule has 28 heavy (non-hydrogen) atoms. The van der Waals surface area contributed by atoms with Gasteiger partial charge in [0.05, 0.1) is 6.61 Å². The molecule has 0 N–H and O–H groups in total. The summed E-state index contributed by atoms with van der Waals surface area (Å²) in [6, 6.07) is 23.5. The molecule has 3 aromatic rings. The topological polar surface area (TPSA) is 35.5 Å². The number of hydrogen-bond donors (Lipinski definition) is 0. The fourth-order valence-electron chi connectivity index (χ4n) is 2.73. The maximum absolute atomic E-state index is 12.2. The number of carbonyl (C=O) groups is 1. The molecule has 0 aliphatic rings. The molecule has 0 aliphatic heterocycles. The van der Waals surface area contributed by atoms with Crippen LogP contribution in [0.15, 0.2) is 78.9 Å². The maximum Gasteiger partial charge on any atom is 0.336 e. The van der Waals surface area contributed by atoms with Gasteiger partial charge in [0.2, 0.25) is 0 Å². The summed E-state index contributed by atoms with van der Waals surface area (Å²) in [5.41, 5.74) is 4.29. The molecule has 0 aromatic heterocycles. The van der Waals surface area contributed by atoms with Crippen LogP contribution < -0.4 is 9.47 Å². The number of carbonyl (C=O) groups excluding carboxylic acids is 1. The number of benzene rings is 3. The Balaban J connectivity index is 1.63. The molecule has 0 saturated carbocycles. The molecular formula is C25H24O3. The zero-order valence-corrected chi connectivity index (χ0v) is 16.2. The highest BCUT2D eigenvalue weighted by atomic mass is 16.5. The van der Waals surface area contributed by atoms with Gasteiger partial charge in [-0.05, 0) is 48.7 Å². The number of hydrogen-bond acceptors (Lipinski definition) is 3. The van der Waals surface area contributed by atoms with Crippen LogP contribution in [0.25, 0.3) is 17.2 Å². The van der Waals surface area contributed by atoms with Crippen LogP contribution in [0.4, 0.5) is 0 Å². The lowest BCUT2D eigenvalue weighted by Gasteiger charge is -2.07. The van der Waals surface area contributed by atoms with Crippen LogP contribution in [0.5, 0.6) is 11.5 Å². The van der Waals surface area contributed by atoms with Crippen molar-refractivity contribution in [2.45, 2.75) is 20.3 Å². The minimum Gasteiger partial charge on any atom is -0.493 e. The third-order valence-corrected chi connectivity index (χ3v) is 4.24. The third-order valence-electron chi connectivity index (χ3n) is 4.24. The van der Waals surface area contributed by atoms with Gasteiger partial charge in [-0.15, -0.1) is 0 Å². The Morgan fingerprint density at radius 1 is 0.893 bits per heavy atom. The Morgan fingerprint density at radius 2 is 1.54 bits per heavy atom. The minimum absolute atomic E-state index is 0.423. The van der Waals surface area contributed by atoms with Crippen molar-refractivity contribution in [2.24, 2.45) is 0 Å². The predicted molar refractivity (Wildman–Crippen MR) is 114 cm³/mol. The van der Waals surface area contributed by atoms with Gasteiger partial charge in [-0.2, -0.15) is 0 Å². The Kier molecular flexibility index (Phi) is 6.64. The van der Waals surface area contributed by atoms with Gasteiger partial charge >= 0.3 is 5.97 Å². The van der Waals surface area contributed by atoms with E-state index in [1.54, 1.807) is 18.2 Å². The second-order valence-corrected chi connectivity index (χ2v) is 6.53. The lowest BCUT2D eigenvalue weighted by atomic mass is 10.0. The lowest BCUT2D eigenvalue weighted by molar-refractivity contribution is -0.128. The van der Waals surface area contributed by atoms with Crippen LogP contribution in [0.1, 0.15) is 24.5 Å². The minimum atomic E-state index is -0.423. The number of para-hydroxylation sites is 1. The molecule has 3 rings (SSSR count). The van der Waals surface area contributed by atoms with Crippen molar-refractivity contribution in [3.8, 4) is 22.6 Å². The molecule has 3 heteroatoms. The van der Waals surface area contributed by atoms with Gasteiger partial charge in [0.15, 0.2) is 0 Å². The first kappa shape index (κ1) is 19.4. The van der Waals surface area contributed by atoms with E-state index in [1.165, 1.54) is 11.6 Å². The smallest absolute Gasteiger partial charge is 0.336 e. The van der Waals surface area contributed by atoms with E-state index in [-0.39, 0.29) is 0 Å². The number of aryl methyl sites for hydroxylation is 1. The summed E-state index contributed by atoms with van der Waals surface area (Å²) < 4.78 is 11.1. The quantitative estimate of drug-likeness (QED) is 0.287. The predicted octanol–water partition coefficient (Wildman–Crippen LogP) is 6.07. The molecule has 0 bridgehead atoms. The average molecular weight is 372 g/mol. The SMILES string of the molecule is CCCOc1ccccc1/C=C/C(=O)Oc1ccc(-c2ccc(C)cc2)cc1. The summed E-state index contributed by atoms with van der Waals surface area (Å²) in [6.45, 7) is 4.76. The number of ether oxygens (including phenoxy) is 2. The molecule has 0 heterocycles. The Labute approximate surface area is 166 Å². The molecule has 0 aliphatic carbocycles. The molecule has 0 atom stereocenters. The number of esters is 1. The first-order valence-corrected chi connectivity index (χ1v) is 9.44. The van der Waals surface area contributed by atoms with Gasteiger partial charge < -0.3 is 9.47 Å². The van der Waals surface area contributed by atoms with E-state index in [1.807, 2.05) is 36.4 Å². The molecule has 0 radical (unpaired) electrons. The Hall–Kier alpha value is -3.33. The highest BCUT2D eigenvalue weighted by Crippen LogP contribution is 2.23. The van der Waals surface area contributed by atoms with Crippen LogP contribution in [0, 0.1) is 6.92 Å². The molecule has 0 spiro atoms. The van der Waals surface area contributed by atoms with Gasteiger partial charge in [0, 0.05) is 11.6 Å². The van der Waals surface area contributed by atoms with Crippen molar-refractivity contribution in [3.05, 3.63) is 90.0 Å². The lowest BCUT2D eigenvalue weighted by Crippen LogP contribution is -2.03. The zero-order chi connectivity index (χ0) is 19.8. The van der Waals surface area contributed by atoms with Crippen LogP contribution >= 0.6 is 0 Å². The summed E-state index contributed by atoms with van der Waals surface area (Å²) in [6.07, 6.45) is 4.06. The molecule has 142 valence electrons. The van der Waals surface area contributed by atoms with Crippen LogP contribution in [0.2, 0.25) is 0 Å². The normalized spacial score (nSPS) is 10.8. The summed E-state index contributed by atoms with van der Waals surface area (Å²) in [5.74, 6) is 0.852. The second-order valence-electron chi connectivity index (χ2n) is 6.53. The fraction of sp³-hybridized carbons (Fsp3) is 0.160. The van der Waals surface area contributed by atoms with Crippen molar-refractivity contribution in [1.29, 1.82) is 0 Å². The molecule has 0 fully saturated rings. The summed E-state index contributed by atoms with van der Waals surface area (Å²) >= 11 is 0. The molecule has 0 saturated heterocycles. The van der Waals surface area contributed by atoms with Gasteiger partial charge in [-0.3, -0.25) is 0 Å². The molecular weight excluding hydrogens is 348 g/mol. The molecule has 0 amide bonds. The molecule has 3 aromatic carbocycles.